The summed E-state index contributed by atoms with van der Waals surface area (Å²) in [5.74, 6) is -0.157. The Morgan fingerprint density at radius 3 is 2.67 bits per heavy atom. The van der Waals surface area contributed by atoms with E-state index in [1.165, 1.54) is 11.6 Å². The van der Waals surface area contributed by atoms with Gasteiger partial charge in [0.25, 0.3) is 0 Å². The first-order chi connectivity index (χ1) is 13.0. The largest absolute Gasteiger partial charge is 0.379 e. The third kappa shape index (κ3) is 5.19. The molecular weight excluding hydrogens is 364 g/mol. The van der Waals surface area contributed by atoms with Crippen molar-refractivity contribution in [2.75, 3.05) is 26.3 Å². The van der Waals surface area contributed by atoms with E-state index in [0.717, 1.165) is 49.7 Å². The molecule has 1 fully saturated rings. The van der Waals surface area contributed by atoms with Crippen LogP contribution in [0.2, 0.25) is 5.15 Å². The van der Waals surface area contributed by atoms with E-state index < -0.39 is 0 Å². The fourth-order valence-corrected chi connectivity index (χ4v) is 3.36. The van der Waals surface area contributed by atoms with Crippen LogP contribution >= 0.6 is 11.6 Å². The van der Waals surface area contributed by atoms with Gasteiger partial charge in [0.05, 0.1) is 18.9 Å². The molecule has 0 radical (unpaired) electrons. The molecule has 6 nitrogen and oxygen atoms in total. The molecule has 1 amide bonds. The predicted molar refractivity (Wildman–Crippen MR) is 106 cm³/mol. The molecule has 1 aliphatic heterocycles. The van der Waals surface area contributed by atoms with Gasteiger partial charge in [0.2, 0.25) is 5.91 Å². The highest BCUT2D eigenvalue weighted by molar-refractivity contribution is 6.31. The minimum atomic E-state index is -0.157. The van der Waals surface area contributed by atoms with Gasteiger partial charge >= 0.3 is 0 Å². The zero-order valence-corrected chi connectivity index (χ0v) is 16.5. The van der Waals surface area contributed by atoms with Crippen LogP contribution in [-0.2, 0) is 29.7 Å². The maximum absolute atomic E-state index is 12.2. The molecule has 0 aliphatic carbocycles. The third-order valence-electron chi connectivity index (χ3n) is 4.67. The van der Waals surface area contributed by atoms with Crippen molar-refractivity contribution in [3.8, 4) is 0 Å². The second-order valence-corrected chi connectivity index (χ2v) is 6.98. The Hall–Kier alpha value is -2.15. The summed E-state index contributed by atoms with van der Waals surface area (Å²) in [5.41, 5.74) is 3.92. The van der Waals surface area contributed by atoms with Gasteiger partial charge in [-0.25, -0.2) is 0 Å². The Labute approximate surface area is 164 Å². The number of carbonyl (C=O) groups is 1. The van der Waals surface area contributed by atoms with E-state index in [9.17, 15) is 4.79 Å². The molecule has 0 unspecified atom stereocenters. The standard InChI is InChI=1S/C20H25ClN4O2/c1-15-18(20(21)24(2)23-15)7-8-19(26)22-13-16-5-3-4-6-17(16)14-25-9-11-27-12-10-25/h3-8H,9-14H2,1-2H3,(H,22,26)/b8-7+. The lowest BCUT2D eigenvalue weighted by molar-refractivity contribution is -0.116. The van der Waals surface area contributed by atoms with Gasteiger partial charge in [-0.1, -0.05) is 35.9 Å². The summed E-state index contributed by atoms with van der Waals surface area (Å²) in [5, 5.41) is 7.71. The van der Waals surface area contributed by atoms with Crippen LogP contribution in [0.4, 0.5) is 0 Å². The Balaban J connectivity index is 1.59. The van der Waals surface area contributed by atoms with Gasteiger partial charge in [0.1, 0.15) is 5.15 Å². The summed E-state index contributed by atoms with van der Waals surface area (Å²) in [6.45, 7) is 6.66. The SMILES string of the molecule is Cc1nn(C)c(Cl)c1/C=C/C(=O)NCc1ccccc1CN1CCOCC1. The van der Waals surface area contributed by atoms with Crippen LogP contribution in [0.3, 0.4) is 0 Å². The predicted octanol–water partition coefficient (Wildman–Crippen LogP) is 2.54. The molecule has 7 heteroatoms. The summed E-state index contributed by atoms with van der Waals surface area (Å²) in [4.78, 5) is 14.6. The first-order valence-corrected chi connectivity index (χ1v) is 9.44. The average molecular weight is 389 g/mol. The molecule has 1 aromatic carbocycles. The minimum Gasteiger partial charge on any atom is -0.379 e. The number of aryl methyl sites for hydroxylation is 2. The minimum absolute atomic E-state index is 0.157. The van der Waals surface area contributed by atoms with Crippen LogP contribution < -0.4 is 5.32 Å². The smallest absolute Gasteiger partial charge is 0.244 e. The van der Waals surface area contributed by atoms with Crippen LogP contribution in [0.15, 0.2) is 30.3 Å². The fourth-order valence-electron chi connectivity index (χ4n) is 3.12. The van der Waals surface area contributed by atoms with Crippen molar-refractivity contribution in [3.05, 3.63) is 57.9 Å². The molecule has 2 heterocycles. The van der Waals surface area contributed by atoms with Crippen LogP contribution in [0.25, 0.3) is 6.08 Å². The number of nitrogens with one attached hydrogen (secondary N) is 1. The number of rotatable bonds is 6. The van der Waals surface area contributed by atoms with Crippen LogP contribution in [0.5, 0.6) is 0 Å². The van der Waals surface area contributed by atoms with E-state index in [-0.39, 0.29) is 5.91 Å². The highest BCUT2D eigenvalue weighted by Crippen LogP contribution is 2.20. The van der Waals surface area contributed by atoms with Crippen LogP contribution in [0, 0.1) is 6.92 Å². The molecule has 3 rings (SSSR count). The zero-order valence-electron chi connectivity index (χ0n) is 15.7. The first kappa shape index (κ1) is 19.6. The average Bonchev–Trinajstić information content (AvgIpc) is 2.92. The zero-order chi connectivity index (χ0) is 19.2. The number of hydrogen-bond donors (Lipinski definition) is 1. The lowest BCUT2D eigenvalue weighted by Gasteiger charge is -2.27. The van der Waals surface area contributed by atoms with Gasteiger partial charge in [-0.05, 0) is 24.1 Å². The van der Waals surface area contributed by atoms with E-state index >= 15 is 0 Å². The summed E-state index contributed by atoms with van der Waals surface area (Å²) in [6.07, 6.45) is 3.21. The number of amides is 1. The van der Waals surface area contributed by atoms with Gasteiger partial charge in [-0.15, -0.1) is 0 Å². The number of halogens is 1. The number of morpholine rings is 1. The van der Waals surface area contributed by atoms with E-state index in [2.05, 4.69) is 27.4 Å². The molecule has 1 aliphatic rings. The Kier molecular flexibility index (Phi) is 6.66. The Morgan fingerprint density at radius 2 is 2.00 bits per heavy atom. The number of nitrogens with zero attached hydrogens (tertiary/aromatic N) is 3. The molecule has 1 saturated heterocycles. The highest BCUT2D eigenvalue weighted by atomic mass is 35.5. The monoisotopic (exact) mass is 388 g/mol. The van der Waals surface area contributed by atoms with Crippen molar-refractivity contribution < 1.29 is 9.53 Å². The van der Waals surface area contributed by atoms with E-state index in [4.69, 9.17) is 16.3 Å². The second kappa shape index (κ2) is 9.17. The molecule has 0 saturated carbocycles. The number of carbonyl (C=O) groups excluding carboxylic acids is 1. The fraction of sp³-hybridized carbons (Fsp3) is 0.400. The lowest BCUT2D eigenvalue weighted by atomic mass is 10.1. The Bertz CT molecular complexity index is 825. The van der Waals surface area contributed by atoms with E-state index in [0.29, 0.717) is 11.7 Å². The van der Waals surface area contributed by atoms with Crippen molar-refractivity contribution >= 4 is 23.6 Å². The Morgan fingerprint density at radius 1 is 1.30 bits per heavy atom. The molecule has 0 spiro atoms. The maximum Gasteiger partial charge on any atom is 0.244 e. The highest BCUT2D eigenvalue weighted by Gasteiger charge is 2.13. The third-order valence-corrected chi connectivity index (χ3v) is 5.11. The first-order valence-electron chi connectivity index (χ1n) is 9.06. The molecule has 0 bridgehead atoms. The van der Waals surface area contributed by atoms with Crippen molar-refractivity contribution in [2.45, 2.75) is 20.0 Å². The van der Waals surface area contributed by atoms with Crippen LogP contribution in [-0.4, -0.2) is 46.9 Å². The van der Waals surface area contributed by atoms with Crippen molar-refractivity contribution in [1.82, 2.24) is 20.0 Å². The maximum atomic E-state index is 12.2. The molecule has 1 aromatic heterocycles. The summed E-state index contributed by atoms with van der Waals surface area (Å²) < 4.78 is 7.00. The summed E-state index contributed by atoms with van der Waals surface area (Å²) in [6, 6.07) is 8.21. The van der Waals surface area contributed by atoms with Crippen LogP contribution in [0.1, 0.15) is 22.4 Å². The van der Waals surface area contributed by atoms with E-state index in [1.807, 2.05) is 19.1 Å². The topological polar surface area (TPSA) is 59.4 Å². The van der Waals surface area contributed by atoms with Gasteiger partial charge in [-0.2, -0.15) is 5.10 Å². The van der Waals surface area contributed by atoms with Gasteiger partial charge in [0.15, 0.2) is 0 Å². The number of hydrogen-bond acceptors (Lipinski definition) is 4. The molecule has 2 aromatic rings. The van der Waals surface area contributed by atoms with Gasteiger partial charge in [0, 0.05) is 44.9 Å². The van der Waals surface area contributed by atoms with Crippen molar-refractivity contribution in [2.24, 2.45) is 7.05 Å². The van der Waals surface area contributed by atoms with Crippen molar-refractivity contribution in [1.29, 1.82) is 0 Å². The number of ether oxygens (including phenoxy) is 1. The summed E-state index contributed by atoms with van der Waals surface area (Å²) in [7, 11) is 1.78. The van der Waals surface area contributed by atoms with Gasteiger partial charge < -0.3 is 10.1 Å². The van der Waals surface area contributed by atoms with E-state index in [1.54, 1.807) is 17.8 Å². The summed E-state index contributed by atoms with van der Waals surface area (Å²) >= 11 is 6.19. The molecule has 1 N–H and O–H groups in total. The molecular formula is C20H25ClN4O2. The molecule has 144 valence electrons. The molecule has 0 atom stereocenters. The lowest BCUT2D eigenvalue weighted by Crippen LogP contribution is -2.36. The number of benzene rings is 1. The van der Waals surface area contributed by atoms with Gasteiger partial charge in [-0.3, -0.25) is 14.4 Å². The number of aromatic nitrogens is 2. The second-order valence-electron chi connectivity index (χ2n) is 6.62. The molecule has 27 heavy (non-hydrogen) atoms. The van der Waals surface area contributed by atoms with Crippen molar-refractivity contribution in [3.63, 3.8) is 0 Å². The normalized spacial score (nSPS) is 15.4. The quantitative estimate of drug-likeness (QED) is 0.772.